The van der Waals surface area contributed by atoms with E-state index >= 15 is 0 Å². The second kappa shape index (κ2) is 5.42. The van der Waals surface area contributed by atoms with Gasteiger partial charge in [0, 0.05) is 11.6 Å². The minimum absolute atomic E-state index is 0.252. The normalized spacial score (nSPS) is 10.8. The lowest BCUT2D eigenvalue weighted by Gasteiger charge is -2.04. The third-order valence-electron chi connectivity index (χ3n) is 3.52. The van der Waals surface area contributed by atoms with Crippen molar-refractivity contribution in [3.63, 3.8) is 0 Å². The van der Waals surface area contributed by atoms with Gasteiger partial charge in [-0.1, -0.05) is 30.3 Å². The second-order valence-corrected chi connectivity index (χ2v) is 4.97. The smallest absolute Gasteiger partial charge is 0.264 e. The molecule has 2 N–H and O–H groups in total. The monoisotopic (exact) mass is 304 g/mol. The van der Waals surface area contributed by atoms with Crippen LogP contribution in [0.3, 0.4) is 0 Å². The fourth-order valence-electron chi connectivity index (χ4n) is 2.48. The van der Waals surface area contributed by atoms with E-state index in [0.717, 1.165) is 16.8 Å². The van der Waals surface area contributed by atoms with E-state index in [4.69, 9.17) is 4.42 Å². The quantitative estimate of drug-likeness (QED) is 0.609. The number of H-pyrrole nitrogens is 2. The Kier molecular flexibility index (Phi) is 3.12. The Bertz CT molecular complexity index is 965. The van der Waals surface area contributed by atoms with Crippen molar-refractivity contribution in [2.45, 2.75) is 0 Å². The highest BCUT2D eigenvalue weighted by Gasteiger charge is 2.20. The Labute approximate surface area is 130 Å². The molecule has 0 bridgehead atoms. The summed E-state index contributed by atoms with van der Waals surface area (Å²) >= 11 is 0. The van der Waals surface area contributed by atoms with Gasteiger partial charge in [-0.25, -0.2) is 5.10 Å². The predicted molar refractivity (Wildman–Crippen MR) is 85.6 cm³/mol. The number of furan rings is 1. The average molecular weight is 304 g/mol. The van der Waals surface area contributed by atoms with Crippen molar-refractivity contribution in [2.75, 3.05) is 0 Å². The van der Waals surface area contributed by atoms with Crippen LogP contribution in [0.2, 0.25) is 0 Å². The number of aromatic amines is 2. The van der Waals surface area contributed by atoms with Crippen LogP contribution in [-0.4, -0.2) is 20.4 Å². The van der Waals surface area contributed by atoms with Crippen LogP contribution in [-0.2, 0) is 0 Å². The van der Waals surface area contributed by atoms with Gasteiger partial charge in [0.15, 0.2) is 5.76 Å². The van der Waals surface area contributed by atoms with Gasteiger partial charge in [-0.15, -0.1) is 0 Å². The minimum Gasteiger partial charge on any atom is -0.463 e. The number of benzene rings is 1. The predicted octanol–water partition coefficient (Wildman–Crippen LogP) is 3.09. The zero-order chi connectivity index (χ0) is 15.6. The van der Waals surface area contributed by atoms with Gasteiger partial charge in [0.25, 0.3) is 5.56 Å². The first-order chi connectivity index (χ1) is 11.3. The van der Waals surface area contributed by atoms with Gasteiger partial charge in [0.2, 0.25) is 0 Å². The van der Waals surface area contributed by atoms with Crippen molar-refractivity contribution >= 4 is 0 Å². The lowest BCUT2D eigenvalue weighted by molar-refractivity contribution is 0.580. The van der Waals surface area contributed by atoms with Crippen LogP contribution in [0.4, 0.5) is 0 Å². The van der Waals surface area contributed by atoms with Crippen LogP contribution >= 0.6 is 0 Å². The maximum atomic E-state index is 11.3. The molecule has 0 aliphatic heterocycles. The van der Waals surface area contributed by atoms with Crippen molar-refractivity contribution in [3.8, 4) is 34.0 Å². The molecule has 0 saturated carbocycles. The van der Waals surface area contributed by atoms with Crippen LogP contribution in [0.1, 0.15) is 0 Å². The maximum Gasteiger partial charge on any atom is 0.264 e. The van der Waals surface area contributed by atoms with E-state index in [9.17, 15) is 4.79 Å². The van der Waals surface area contributed by atoms with Gasteiger partial charge in [0.05, 0.1) is 17.5 Å². The van der Waals surface area contributed by atoms with Gasteiger partial charge in [-0.3, -0.25) is 9.89 Å². The van der Waals surface area contributed by atoms with Crippen LogP contribution < -0.4 is 5.56 Å². The SMILES string of the molecule is O=c1ccc(-c2c(-c3ccccc3)n[nH]c2-c2ccco2)n[nH]1. The summed E-state index contributed by atoms with van der Waals surface area (Å²) < 4.78 is 5.48. The van der Waals surface area contributed by atoms with Crippen LogP contribution in [0, 0.1) is 0 Å². The maximum absolute atomic E-state index is 11.3. The Morgan fingerprint density at radius 1 is 0.870 bits per heavy atom. The van der Waals surface area contributed by atoms with Crippen molar-refractivity contribution in [2.24, 2.45) is 0 Å². The molecule has 0 atom stereocenters. The summed E-state index contributed by atoms with van der Waals surface area (Å²) in [7, 11) is 0. The lowest BCUT2D eigenvalue weighted by atomic mass is 10.0. The average Bonchev–Trinajstić information content (AvgIpc) is 3.25. The first kappa shape index (κ1) is 13.3. The lowest BCUT2D eigenvalue weighted by Crippen LogP contribution is -2.05. The number of nitrogens with one attached hydrogen (secondary N) is 2. The number of rotatable bonds is 3. The fourth-order valence-corrected chi connectivity index (χ4v) is 2.48. The summed E-state index contributed by atoms with van der Waals surface area (Å²) in [6.45, 7) is 0. The number of aromatic nitrogens is 4. The highest BCUT2D eigenvalue weighted by atomic mass is 16.3. The van der Waals surface area contributed by atoms with E-state index in [-0.39, 0.29) is 5.56 Å². The molecule has 112 valence electrons. The molecule has 0 aliphatic carbocycles. The van der Waals surface area contributed by atoms with Crippen molar-refractivity contribution in [3.05, 3.63) is 71.2 Å². The summed E-state index contributed by atoms with van der Waals surface area (Å²) in [5.41, 5.74) is 3.55. The summed E-state index contributed by atoms with van der Waals surface area (Å²) in [4.78, 5) is 11.3. The molecular weight excluding hydrogens is 292 g/mol. The van der Waals surface area contributed by atoms with E-state index in [1.165, 1.54) is 6.07 Å². The van der Waals surface area contributed by atoms with Crippen molar-refractivity contribution in [1.82, 2.24) is 20.4 Å². The van der Waals surface area contributed by atoms with Gasteiger partial charge in [0.1, 0.15) is 11.4 Å². The molecule has 6 heteroatoms. The first-order valence-corrected chi connectivity index (χ1v) is 7.07. The molecule has 1 aromatic carbocycles. The van der Waals surface area contributed by atoms with Crippen LogP contribution in [0.5, 0.6) is 0 Å². The summed E-state index contributed by atoms with van der Waals surface area (Å²) in [5, 5.41) is 14.0. The largest absolute Gasteiger partial charge is 0.463 e. The molecule has 0 spiro atoms. The molecule has 4 rings (SSSR count). The standard InChI is InChI=1S/C17H12N4O2/c22-14-9-8-12(18-19-14)15-16(11-5-2-1-3-6-11)20-21-17(15)13-7-4-10-23-13/h1-10H,(H,19,22)(H,20,21). The van der Waals surface area contributed by atoms with Crippen LogP contribution in [0.15, 0.2) is 70.1 Å². The molecule has 4 aromatic rings. The van der Waals surface area contributed by atoms with Crippen LogP contribution in [0.25, 0.3) is 34.0 Å². The summed E-state index contributed by atoms with van der Waals surface area (Å²) in [6, 6.07) is 16.5. The molecule has 0 aliphatic rings. The van der Waals surface area contributed by atoms with E-state index in [0.29, 0.717) is 17.1 Å². The Balaban J connectivity index is 1.98. The summed E-state index contributed by atoms with van der Waals surface area (Å²) in [5.74, 6) is 0.655. The molecular formula is C17H12N4O2. The van der Waals surface area contributed by atoms with Crippen molar-refractivity contribution in [1.29, 1.82) is 0 Å². The molecule has 0 fully saturated rings. The molecule has 3 aromatic heterocycles. The Morgan fingerprint density at radius 2 is 1.74 bits per heavy atom. The topological polar surface area (TPSA) is 87.6 Å². The third-order valence-corrected chi connectivity index (χ3v) is 3.52. The van der Waals surface area contributed by atoms with E-state index in [1.807, 2.05) is 42.5 Å². The van der Waals surface area contributed by atoms with Gasteiger partial charge in [-0.05, 0) is 18.2 Å². The molecule has 6 nitrogen and oxygen atoms in total. The fraction of sp³-hybridized carbons (Fsp3) is 0. The third kappa shape index (κ3) is 2.36. The zero-order valence-corrected chi connectivity index (χ0v) is 12.0. The Morgan fingerprint density at radius 3 is 2.43 bits per heavy atom. The van der Waals surface area contributed by atoms with Gasteiger partial charge in [-0.2, -0.15) is 10.2 Å². The molecule has 0 amide bonds. The highest BCUT2D eigenvalue weighted by molar-refractivity contribution is 5.88. The molecule has 0 radical (unpaired) electrons. The molecule has 0 unspecified atom stereocenters. The van der Waals surface area contributed by atoms with E-state index < -0.39 is 0 Å². The van der Waals surface area contributed by atoms with Gasteiger partial charge < -0.3 is 4.42 Å². The zero-order valence-electron chi connectivity index (χ0n) is 12.0. The Hall–Kier alpha value is -3.41. The minimum atomic E-state index is -0.252. The van der Waals surface area contributed by atoms with E-state index in [2.05, 4.69) is 20.4 Å². The number of hydrogen-bond acceptors (Lipinski definition) is 4. The van der Waals surface area contributed by atoms with Gasteiger partial charge >= 0.3 is 0 Å². The number of hydrogen-bond donors (Lipinski definition) is 2. The highest BCUT2D eigenvalue weighted by Crippen LogP contribution is 2.36. The summed E-state index contributed by atoms with van der Waals surface area (Å²) in [6.07, 6.45) is 1.60. The molecule has 3 heterocycles. The van der Waals surface area contributed by atoms with Crippen molar-refractivity contribution < 1.29 is 4.42 Å². The first-order valence-electron chi connectivity index (χ1n) is 7.07. The van der Waals surface area contributed by atoms with E-state index in [1.54, 1.807) is 12.3 Å². The number of nitrogens with zero attached hydrogens (tertiary/aromatic N) is 2. The molecule has 23 heavy (non-hydrogen) atoms. The molecule has 0 saturated heterocycles. The second-order valence-electron chi connectivity index (χ2n) is 4.97.